The minimum Gasteiger partial charge on any atom is -0.328 e. The zero-order valence-electron chi connectivity index (χ0n) is 18.5. The topological polar surface area (TPSA) is 85.3 Å². The number of nitrogens with one attached hydrogen (secondary N) is 3. The number of aryl methyl sites for hydroxylation is 1. The number of hydrogen-bond acceptors (Lipinski definition) is 4. The van der Waals surface area contributed by atoms with Gasteiger partial charge in [0.2, 0.25) is 5.82 Å². The van der Waals surface area contributed by atoms with Gasteiger partial charge < -0.3 is 14.8 Å². The maximum Gasteiger partial charge on any atom is 0.258 e. The molecular formula is C23H33N7O+2. The van der Waals surface area contributed by atoms with Crippen molar-refractivity contribution in [1.82, 2.24) is 25.2 Å². The molecule has 1 aliphatic heterocycles. The SMILES string of the molecule is Cc1ccc2cc([C@@H](c3nnnn3C3CCCCC3)[NH+]3CC[NH+](C)CC3)c(=O)[nH]c2c1. The predicted octanol–water partition coefficient (Wildman–Crippen LogP) is -0.169. The molecule has 2 aliphatic rings. The average Bonchev–Trinajstić information content (AvgIpc) is 3.26. The minimum atomic E-state index is -0.153. The van der Waals surface area contributed by atoms with E-state index in [4.69, 9.17) is 0 Å². The highest BCUT2D eigenvalue weighted by Gasteiger charge is 2.38. The quantitative estimate of drug-likeness (QED) is 0.544. The summed E-state index contributed by atoms with van der Waals surface area (Å²) in [5, 5.41) is 14.1. The summed E-state index contributed by atoms with van der Waals surface area (Å²) in [4.78, 5) is 19.4. The van der Waals surface area contributed by atoms with E-state index in [-0.39, 0.29) is 11.6 Å². The van der Waals surface area contributed by atoms with E-state index in [1.54, 1.807) is 0 Å². The van der Waals surface area contributed by atoms with Crippen molar-refractivity contribution in [3.8, 4) is 0 Å². The van der Waals surface area contributed by atoms with E-state index >= 15 is 0 Å². The molecule has 3 aromatic rings. The van der Waals surface area contributed by atoms with Crippen LogP contribution in [0.2, 0.25) is 0 Å². The number of benzene rings is 1. The van der Waals surface area contributed by atoms with Crippen molar-refractivity contribution in [2.24, 2.45) is 0 Å². The number of quaternary nitrogens is 2. The number of aromatic nitrogens is 5. The van der Waals surface area contributed by atoms with Gasteiger partial charge in [0.1, 0.15) is 26.2 Å². The van der Waals surface area contributed by atoms with Crippen LogP contribution >= 0.6 is 0 Å². The number of H-pyrrole nitrogens is 1. The van der Waals surface area contributed by atoms with Crippen LogP contribution in [0.15, 0.2) is 29.1 Å². The Morgan fingerprint density at radius 3 is 2.65 bits per heavy atom. The molecule has 0 spiro atoms. The van der Waals surface area contributed by atoms with Gasteiger partial charge in [-0.2, -0.15) is 0 Å². The molecule has 2 aromatic heterocycles. The molecule has 1 saturated heterocycles. The second-order valence-electron chi connectivity index (χ2n) is 9.47. The predicted molar refractivity (Wildman–Crippen MR) is 118 cm³/mol. The molecule has 1 aromatic carbocycles. The fourth-order valence-corrected chi connectivity index (χ4v) is 5.35. The number of hydrogen-bond donors (Lipinski definition) is 3. The normalized spacial score (nSPS) is 23.8. The summed E-state index contributed by atoms with van der Waals surface area (Å²) < 4.78 is 2.04. The first-order chi connectivity index (χ1) is 15.1. The molecule has 1 aliphatic carbocycles. The Bertz CT molecular complexity index is 1110. The molecule has 3 heterocycles. The molecule has 5 rings (SSSR count). The molecule has 0 amide bonds. The summed E-state index contributed by atoms with van der Waals surface area (Å²) in [6.07, 6.45) is 5.94. The van der Waals surface area contributed by atoms with E-state index in [1.165, 1.54) is 29.1 Å². The van der Waals surface area contributed by atoms with Gasteiger partial charge in [0.15, 0.2) is 6.04 Å². The van der Waals surface area contributed by atoms with Crippen LogP contribution in [0.5, 0.6) is 0 Å². The van der Waals surface area contributed by atoms with Crippen molar-refractivity contribution >= 4 is 10.9 Å². The molecule has 2 fully saturated rings. The minimum absolute atomic E-state index is 0.0277. The monoisotopic (exact) mass is 423 g/mol. The highest BCUT2D eigenvalue weighted by molar-refractivity contribution is 5.79. The third-order valence-corrected chi connectivity index (χ3v) is 7.19. The maximum absolute atomic E-state index is 13.3. The van der Waals surface area contributed by atoms with Crippen molar-refractivity contribution in [2.75, 3.05) is 33.2 Å². The van der Waals surface area contributed by atoms with Gasteiger partial charge in [0.25, 0.3) is 5.56 Å². The average molecular weight is 424 g/mol. The second kappa shape index (κ2) is 8.51. The molecular weight excluding hydrogens is 390 g/mol. The van der Waals surface area contributed by atoms with Crippen molar-refractivity contribution in [1.29, 1.82) is 0 Å². The van der Waals surface area contributed by atoms with E-state index in [1.807, 2.05) is 17.7 Å². The van der Waals surface area contributed by atoms with Crippen molar-refractivity contribution < 1.29 is 9.80 Å². The van der Waals surface area contributed by atoms with Crippen LogP contribution in [0.25, 0.3) is 10.9 Å². The van der Waals surface area contributed by atoms with Gasteiger partial charge in [-0.25, -0.2) is 4.68 Å². The van der Waals surface area contributed by atoms with Crippen LogP contribution < -0.4 is 15.4 Å². The number of piperazine rings is 1. The molecule has 0 radical (unpaired) electrons. The third kappa shape index (κ3) is 4.02. The van der Waals surface area contributed by atoms with Crippen LogP contribution in [0, 0.1) is 6.92 Å². The first-order valence-corrected chi connectivity index (χ1v) is 11.7. The Morgan fingerprint density at radius 1 is 1.10 bits per heavy atom. The number of tetrazole rings is 1. The molecule has 1 saturated carbocycles. The molecule has 8 nitrogen and oxygen atoms in total. The van der Waals surface area contributed by atoms with Crippen molar-refractivity contribution in [3.63, 3.8) is 0 Å². The lowest BCUT2D eigenvalue weighted by Crippen LogP contribution is -3.27. The smallest absolute Gasteiger partial charge is 0.258 e. The van der Waals surface area contributed by atoms with E-state index in [0.29, 0.717) is 6.04 Å². The molecule has 0 bridgehead atoms. The Balaban J connectivity index is 1.62. The van der Waals surface area contributed by atoms with Gasteiger partial charge in [0, 0.05) is 5.52 Å². The standard InChI is InChI=1S/C23H31N7O/c1-16-8-9-17-15-19(23(31)24-20(17)14-16)21(29-12-10-28(2)11-13-29)22-25-26-27-30(22)18-6-4-3-5-7-18/h8-9,14-15,18,21H,3-7,10-13H2,1-2H3,(H,24,31)/p+2/t21-/m0/s1. The Morgan fingerprint density at radius 2 is 1.87 bits per heavy atom. The van der Waals surface area contributed by atoms with E-state index in [0.717, 1.165) is 66.9 Å². The largest absolute Gasteiger partial charge is 0.328 e. The van der Waals surface area contributed by atoms with Gasteiger partial charge in [-0.05, 0) is 53.3 Å². The lowest BCUT2D eigenvalue weighted by atomic mass is 9.95. The van der Waals surface area contributed by atoms with E-state index in [9.17, 15) is 4.79 Å². The van der Waals surface area contributed by atoms with Gasteiger partial charge in [-0.3, -0.25) is 4.79 Å². The van der Waals surface area contributed by atoms with Gasteiger partial charge in [-0.1, -0.05) is 31.4 Å². The van der Waals surface area contributed by atoms with Crippen LogP contribution in [-0.2, 0) is 0 Å². The molecule has 31 heavy (non-hydrogen) atoms. The summed E-state index contributed by atoms with van der Waals surface area (Å²) in [6, 6.07) is 8.47. The molecule has 1 atom stereocenters. The third-order valence-electron chi connectivity index (χ3n) is 7.19. The van der Waals surface area contributed by atoms with Crippen LogP contribution in [0.4, 0.5) is 0 Å². The number of rotatable bonds is 4. The Hall–Kier alpha value is -2.58. The molecule has 164 valence electrons. The highest BCUT2D eigenvalue weighted by Crippen LogP contribution is 2.30. The fourth-order valence-electron chi connectivity index (χ4n) is 5.35. The van der Waals surface area contributed by atoms with Crippen molar-refractivity contribution in [3.05, 3.63) is 51.6 Å². The summed E-state index contributed by atoms with van der Waals surface area (Å²) in [7, 11) is 2.24. The van der Waals surface area contributed by atoms with Crippen molar-refractivity contribution in [2.45, 2.75) is 51.1 Å². The number of pyridine rings is 1. The number of likely N-dealkylation sites (N-methyl/N-ethyl adjacent to an activating group) is 1. The molecule has 8 heteroatoms. The Kier molecular flexibility index (Phi) is 5.58. The van der Waals surface area contributed by atoms with Gasteiger partial charge in [-0.15, -0.1) is 5.10 Å². The molecule has 0 unspecified atom stereocenters. The summed E-state index contributed by atoms with van der Waals surface area (Å²) in [6.45, 7) is 6.21. The first kappa shape index (κ1) is 20.3. The lowest BCUT2D eigenvalue weighted by molar-refractivity contribution is -1.02. The second-order valence-corrected chi connectivity index (χ2v) is 9.47. The van der Waals surface area contributed by atoms with Gasteiger partial charge >= 0.3 is 0 Å². The number of aromatic amines is 1. The summed E-state index contributed by atoms with van der Waals surface area (Å²) in [5.74, 6) is 0.846. The lowest BCUT2D eigenvalue weighted by Gasteiger charge is -2.33. The van der Waals surface area contributed by atoms with Gasteiger partial charge in [0.05, 0.1) is 18.7 Å². The summed E-state index contributed by atoms with van der Waals surface area (Å²) >= 11 is 0. The number of fused-ring (bicyclic) bond motifs is 1. The van der Waals surface area contributed by atoms with E-state index < -0.39 is 0 Å². The van der Waals surface area contributed by atoms with Crippen LogP contribution in [0.3, 0.4) is 0 Å². The highest BCUT2D eigenvalue weighted by atomic mass is 16.1. The van der Waals surface area contributed by atoms with E-state index in [2.05, 4.69) is 45.8 Å². The summed E-state index contributed by atoms with van der Waals surface area (Å²) in [5.41, 5.74) is 2.77. The maximum atomic E-state index is 13.3. The molecule has 3 N–H and O–H groups in total. The van der Waals surface area contributed by atoms with Crippen LogP contribution in [-0.4, -0.2) is 58.4 Å². The zero-order chi connectivity index (χ0) is 21.4. The Labute approximate surface area is 182 Å². The first-order valence-electron chi connectivity index (χ1n) is 11.7. The number of nitrogens with zero attached hydrogens (tertiary/aromatic N) is 4. The zero-order valence-corrected chi connectivity index (χ0v) is 18.5. The fraction of sp³-hybridized carbons (Fsp3) is 0.565. The van der Waals surface area contributed by atoms with Crippen LogP contribution in [0.1, 0.15) is 61.1 Å².